The molecule has 8 heteroatoms. The first-order valence-electron chi connectivity index (χ1n) is 8.89. The standard InChI is InChI=1S/C22H14F2N6/c23-18-10-16(15-2-1-8-26-13-15)11-19(24)21(18)29-20-7-9-27-22(30-20)28-17-5-3-14(12-25)4-6-17/h1-11,13H,(H2,27,28,29,30). The van der Waals surface area contributed by atoms with Gasteiger partial charge in [0.1, 0.15) is 23.1 Å². The summed E-state index contributed by atoms with van der Waals surface area (Å²) >= 11 is 0. The average molecular weight is 400 g/mol. The zero-order valence-corrected chi connectivity index (χ0v) is 15.5. The van der Waals surface area contributed by atoms with Crippen molar-refractivity contribution in [1.29, 1.82) is 5.26 Å². The van der Waals surface area contributed by atoms with Crippen LogP contribution in [0.15, 0.2) is 73.2 Å². The van der Waals surface area contributed by atoms with Gasteiger partial charge in [-0.05, 0) is 54.1 Å². The summed E-state index contributed by atoms with van der Waals surface area (Å²) in [6, 6.07) is 16.1. The number of benzene rings is 2. The molecule has 0 bridgehead atoms. The Labute approximate surface area is 170 Å². The molecule has 2 N–H and O–H groups in total. The van der Waals surface area contributed by atoms with E-state index < -0.39 is 11.6 Å². The third-order valence-corrected chi connectivity index (χ3v) is 4.22. The highest BCUT2D eigenvalue weighted by molar-refractivity contribution is 5.68. The molecule has 6 nitrogen and oxygen atoms in total. The van der Waals surface area contributed by atoms with Gasteiger partial charge in [0.05, 0.1) is 11.6 Å². The van der Waals surface area contributed by atoms with Crippen molar-refractivity contribution in [1.82, 2.24) is 15.0 Å². The molecule has 0 saturated heterocycles. The van der Waals surface area contributed by atoms with Gasteiger partial charge in [-0.2, -0.15) is 10.2 Å². The van der Waals surface area contributed by atoms with Gasteiger partial charge in [-0.3, -0.25) is 4.98 Å². The van der Waals surface area contributed by atoms with E-state index in [1.165, 1.54) is 30.6 Å². The number of pyridine rings is 1. The van der Waals surface area contributed by atoms with Crippen LogP contribution in [0.2, 0.25) is 0 Å². The molecule has 2 aromatic heterocycles. The number of nitriles is 1. The molecule has 4 rings (SSSR count). The van der Waals surface area contributed by atoms with Crippen LogP contribution in [0, 0.1) is 23.0 Å². The lowest BCUT2D eigenvalue weighted by atomic mass is 10.1. The zero-order valence-electron chi connectivity index (χ0n) is 15.5. The third kappa shape index (κ3) is 4.20. The molecule has 0 spiro atoms. The Kier molecular flexibility index (Phi) is 5.26. The monoisotopic (exact) mass is 400 g/mol. The van der Waals surface area contributed by atoms with Crippen LogP contribution in [0.4, 0.5) is 31.9 Å². The molecule has 30 heavy (non-hydrogen) atoms. The third-order valence-electron chi connectivity index (χ3n) is 4.22. The summed E-state index contributed by atoms with van der Waals surface area (Å²) in [6.07, 6.45) is 4.58. The van der Waals surface area contributed by atoms with Crippen molar-refractivity contribution in [3.05, 3.63) is 90.4 Å². The van der Waals surface area contributed by atoms with Crippen LogP contribution in [0.25, 0.3) is 11.1 Å². The Bertz CT molecular complexity index is 1200. The lowest BCUT2D eigenvalue weighted by molar-refractivity contribution is 0.591. The fraction of sp³-hybridized carbons (Fsp3) is 0. The minimum atomic E-state index is -0.755. The van der Waals surface area contributed by atoms with E-state index in [1.807, 2.05) is 6.07 Å². The molecule has 2 aromatic carbocycles. The molecular weight excluding hydrogens is 386 g/mol. The Balaban J connectivity index is 1.56. The normalized spacial score (nSPS) is 10.3. The number of nitrogens with zero attached hydrogens (tertiary/aromatic N) is 4. The molecule has 0 aliphatic rings. The number of rotatable bonds is 5. The van der Waals surface area contributed by atoms with E-state index in [0.717, 1.165) is 0 Å². The van der Waals surface area contributed by atoms with E-state index >= 15 is 0 Å². The molecule has 0 radical (unpaired) electrons. The number of hydrogen-bond acceptors (Lipinski definition) is 6. The second-order valence-electron chi connectivity index (χ2n) is 6.26. The van der Waals surface area contributed by atoms with Crippen molar-refractivity contribution < 1.29 is 8.78 Å². The van der Waals surface area contributed by atoms with Crippen LogP contribution < -0.4 is 10.6 Å². The van der Waals surface area contributed by atoms with Crippen LogP contribution in [0.5, 0.6) is 0 Å². The summed E-state index contributed by atoms with van der Waals surface area (Å²) < 4.78 is 29.2. The molecule has 0 atom stereocenters. The second kappa shape index (κ2) is 8.32. The van der Waals surface area contributed by atoms with Gasteiger partial charge < -0.3 is 10.6 Å². The van der Waals surface area contributed by atoms with E-state index in [-0.39, 0.29) is 17.5 Å². The smallest absolute Gasteiger partial charge is 0.229 e. The number of hydrogen-bond donors (Lipinski definition) is 2. The summed E-state index contributed by atoms with van der Waals surface area (Å²) in [7, 11) is 0. The number of nitrogens with one attached hydrogen (secondary N) is 2. The molecule has 0 amide bonds. The van der Waals surface area contributed by atoms with E-state index in [0.29, 0.717) is 22.4 Å². The maximum absolute atomic E-state index is 14.6. The highest BCUT2D eigenvalue weighted by Crippen LogP contribution is 2.29. The quantitative estimate of drug-likeness (QED) is 0.480. The second-order valence-corrected chi connectivity index (χ2v) is 6.26. The van der Waals surface area contributed by atoms with Crippen molar-refractivity contribution in [3.63, 3.8) is 0 Å². The van der Waals surface area contributed by atoms with Crippen molar-refractivity contribution >= 4 is 23.1 Å². The summed E-state index contributed by atoms with van der Waals surface area (Å²) in [4.78, 5) is 12.3. The first-order valence-corrected chi connectivity index (χ1v) is 8.89. The van der Waals surface area contributed by atoms with Crippen molar-refractivity contribution in [2.45, 2.75) is 0 Å². The fourth-order valence-corrected chi connectivity index (χ4v) is 2.77. The Morgan fingerprint density at radius 1 is 0.867 bits per heavy atom. The van der Waals surface area contributed by atoms with E-state index in [2.05, 4.69) is 25.6 Å². The highest BCUT2D eigenvalue weighted by atomic mass is 19.1. The van der Waals surface area contributed by atoms with E-state index in [9.17, 15) is 8.78 Å². The number of aromatic nitrogens is 3. The molecule has 4 aromatic rings. The molecule has 146 valence electrons. The van der Waals surface area contributed by atoms with Crippen LogP contribution in [0.1, 0.15) is 5.56 Å². The average Bonchev–Trinajstić information content (AvgIpc) is 2.77. The summed E-state index contributed by atoms with van der Waals surface area (Å²) in [6.45, 7) is 0. The largest absolute Gasteiger partial charge is 0.335 e. The molecule has 0 aliphatic heterocycles. The predicted octanol–water partition coefficient (Wildman–Crippen LogP) is 5.18. The van der Waals surface area contributed by atoms with Gasteiger partial charge in [0.25, 0.3) is 0 Å². The van der Waals surface area contributed by atoms with Gasteiger partial charge in [-0.25, -0.2) is 13.8 Å². The van der Waals surface area contributed by atoms with E-state index in [4.69, 9.17) is 5.26 Å². The van der Waals surface area contributed by atoms with Crippen molar-refractivity contribution in [3.8, 4) is 17.2 Å². The van der Waals surface area contributed by atoms with Gasteiger partial charge in [0, 0.05) is 29.8 Å². The van der Waals surface area contributed by atoms with Gasteiger partial charge in [0.2, 0.25) is 5.95 Å². The molecule has 0 aliphatic carbocycles. The SMILES string of the molecule is N#Cc1ccc(Nc2nccc(Nc3c(F)cc(-c4cccnc4)cc3F)n2)cc1. The topological polar surface area (TPSA) is 86.5 Å². The number of halogens is 2. The molecular formula is C22H14F2N6. The maximum atomic E-state index is 14.6. The minimum Gasteiger partial charge on any atom is -0.335 e. The Hall–Kier alpha value is -4.38. The minimum absolute atomic E-state index is 0.216. The van der Waals surface area contributed by atoms with Crippen LogP contribution in [-0.4, -0.2) is 15.0 Å². The van der Waals surface area contributed by atoms with E-state index in [1.54, 1.807) is 42.6 Å². The van der Waals surface area contributed by atoms with Gasteiger partial charge in [-0.15, -0.1) is 0 Å². The lowest BCUT2D eigenvalue weighted by Gasteiger charge is -2.11. The van der Waals surface area contributed by atoms with Gasteiger partial charge in [0.15, 0.2) is 0 Å². The molecule has 0 fully saturated rings. The molecule has 2 heterocycles. The molecule has 0 unspecified atom stereocenters. The fourth-order valence-electron chi connectivity index (χ4n) is 2.77. The highest BCUT2D eigenvalue weighted by Gasteiger charge is 2.13. The first kappa shape index (κ1) is 19.0. The van der Waals surface area contributed by atoms with Crippen molar-refractivity contribution in [2.75, 3.05) is 10.6 Å². The zero-order chi connectivity index (χ0) is 20.9. The van der Waals surface area contributed by atoms with Crippen molar-refractivity contribution in [2.24, 2.45) is 0 Å². The Morgan fingerprint density at radius 3 is 2.30 bits per heavy atom. The Morgan fingerprint density at radius 2 is 1.63 bits per heavy atom. The van der Waals surface area contributed by atoms with Crippen LogP contribution >= 0.6 is 0 Å². The predicted molar refractivity (Wildman–Crippen MR) is 109 cm³/mol. The number of anilines is 4. The van der Waals surface area contributed by atoms with Gasteiger partial charge in [-0.1, -0.05) is 6.07 Å². The van der Waals surface area contributed by atoms with Crippen LogP contribution in [-0.2, 0) is 0 Å². The lowest BCUT2D eigenvalue weighted by Crippen LogP contribution is -2.03. The molecule has 0 saturated carbocycles. The summed E-state index contributed by atoms with van der Waals surface area (Å²) in [5.41, 5.74) is 1.87. The summed E-state index contributed by atoms with van der Waals surface area (Å²) in [5.74, 6) is -1.06. The maximum Gasteiger partial charge on any atom is 0.229 e. The first-order chi connectivity index (χ1) is 14.6. The van der Waals surface area contributed by atoms with Gasteiger partial charge >= 0.3 is 0 Å². The summed E-state index contributed by atoms with van der Waals surface area (Å²) in [5, 5.41) is 14.5. The van der Waals surface area contributed by atoms with Crippen LogP contribution in [0.3, 0.4) is 0 Å².